The van der Waals surface area contributed by atoms with Crippen molar-refractivity contribution in [1.29, 1.82) is 0 Å². The number of likely N-dealkylation sites (tertiary alicyclic amines) is 1. The van der Waals surface area contributed by atoms with Gasteiger partial charge in [-0.15, -0.1) is 0 Å². The molecule has 2 atom stereocenters. The summed E-state index contributed by atoms with van der Waals surface area (Å²) in [6, 6.07) is 0.777. The van der Waals surface area contributed by atoms with Crippen LogP contribution in [0, 0.1) is 0 Å². The zero-order valence-electron chi connectivity index (χ0n) is 11.6. The highest BCUT2D eigenvalue weighted by atomic mass is 79.9. The van der Waals surface area contributed by atoms with E-state index in [0.29, 0.717) is 6.10 Å². The van der Waals surface area contributed by atoms with E-state index in [0.717, 1.165) is 44.2 Å². The van der Waals surface area contributed by atoms with Crippen LogP contribution in [0.5, 0.6) is 0 Å². The van der Waals surface area contributed by atoms with Crippen molar-refractivity contribution in [2.45, 2.75) is 44.8 Å². The van der Waals surface area contributed by atoms with E-state index in [1.807, 2.05) is 0 Å². The fourth-order valence-corrected chi connectivity index (χ4v) is 3.72. The van der Waals surface area contributed by atoms with Crippen LogP contribution in [0.2, 0.25) is 0 Å². The maximum atomic E-state index is 5.94. The van der Waals surface area contributed by atoms with Gasteiger partial charge in [-0.25, -0.2) is 0 Å². The number of alkyl halides is 1. The molecule has 0 aromatic rings. The lowest BCUT2D eigenvalue weighted by Gasteiger charge is -2.40. The second-order valence-corrected chi connectivity index (χ2v) is 6.30. The number of nitrogens with zero attached hydrogens (tertiary/aromatic N) is 2. The Morgan fingerprint density at radius 3 is 2.94 bits per heavy atom. The van der Waals surface area contributed by atoms with Gasteiger partial charge in [0.05, 0.1) is 12.7 Å². The molecule has 2 rings (SSSR count). The Morgan fingerprint density at radius 2 is 2.17 bits per heavy atom. The quantitative estimate of drug-likeness (QED) is 0.724. The van der Waals surface area contributed by atoms with Crippen molar-refractivity contribution < 1.29 is 4.74 Å². The lowest BCUT2D eigenvalue weighted by atomic mass is 9.99. The zero-order chi connectivity index (χ0) is 12.8. The van der Waals surface area contributed by atoms with Crippen molar-refractivity contribution in [3.8, 4) is 0 Å². The molecule has 4 heteroatoms. The maximum Gasteiger partial charge on any atom is 0.0829 e. The van der Waals surface area contributed by atoms with Crippen molar-refractivity contribution in [1.82, 2.24) is 9.80 Å². The molecule has 2 unspecified atom stereocenters. The minimum atomic E-state index is 0.426. The molecule has 3 nitrogen and oxygen atoms in total. The molecule has 0 N–H and O–H groups in total. The molecule has 0 saturated carbocycles. The van der Waals surface area contributed by atoms with Crippen LogP contribution in [0.3, 0.4) is 0 Å². The molecular formula is C14H27BrN2O. The maximum absolute atomic E-state index is 5.94. The number of rotatable bonds is 5. The third kappa shape index (κ3) is 4.19. The Morgan fingerprint density at radius 1 is 1.28 bits per heavy atom. The van der Waals surface area contributed by atoms with E-state index >= 15 is 0 Å². The van der Waals surface area contributed by atoms with Crippen LogP contribution in [0.4, 0.5) is 0 Å². The number of morpholine rings is 1. The summed E-state index contributed by atoms with van der Waals surface area (Å²) >= 11 is 3.59. The van der Waals surface area contributed by atoms with Crippen LogP contribution < -0.4 is 0 Å². The van der Waals surface area contributed by atoms with Gasteiger partial charge in [0.2, 0.25) is 0 Å². The molecule has 0 aliphatic carbocycles. The number of likely N-dealkylation sites (N-methyl/N-ethyl adjacent to an activating group) is 1. The summed E-state index contributed by atoms with van der Waals surface area (Å²) in [5.74, 6) is 0. The van der Waals surface area contributed by atoms with E-state index in [1.54, 1.807) is 0 Å². The molecule has 2 saturated heterocycles. The van der Waals surface area contributed by atoms with Gasteiger partial charge in [-0.1, -0.05) is 29.3 Å². The summed E-state index contributed by atoms with van der Waals surface area (Å²) in [5, 5.41) is 1.13. The smallest absolute Gasteiger partial charge is 0.0829 e. The molecular weight excluding hydrogens is 292 g/mol. The summed E-state index contributed by atoms with van der Waals surface area (Å²) in [6.07, 6.45) is 5.85. The Labute approximate surface area is 120 Å². The van der Waals surface area contributed by atoms with Crippen molar-refractivity contribution in [3.05, 3.63) is 0 Å². The van der Waals surface area contributed by atoms with E-state index in [1.165, 1.54) is 32.2 Å². The summed E-state index contributed by atoms with van der Waals surface area (Å²) in [5.41, 5.74) is 0. The van der Waals surface area contributed by atoms with Crippen LogP contribution in [-0.4, -0.2) is 66.6 Å². The van der Waals surface area contributed by atoms with Crippen molar-refractivity contribution >= 4 is 15.9 Å². The average molecular weight is 319 g/mol. The Balaban J connectivity index is 1.82. The normalized spacial score (nSPS) is 31.7. The van der Waals surface area contributed by atoms with Crippen LogP contribution >= 0.6 is 15.9 Å². The Bertz CT molecular complexity index is 238. The molecule has 0 amide bonds. The Hall–Kier alpha value is 0.360. The molecule has 0 spiro atoms. The van der Waals surface area contributed by atoms with Crippen LogP contribution in [0.25, 0.3) is 0 Å². The molecule has 2 heterocycles. The average Bonchev–Trinajstić information content (AvgIpc) is 2.41. The highest BCUT2D eigenvalue weighted by Gasteiger charge is 2.27. The highest BCUT2D eigenvalue weighted by Crippen LogP contribution is 2.21. The Kier molecular flexibility index (Phi) is 6.42. The first-order valence-corrected chi connectivity index (χ1v) is 8.59. The molecule has 18 heavy (non-hydrogen) atoms. The van der Waals surface area contributed by atoms with Gasteiger partial charge in [-0.2, -0.15) is 0 Å². The van der Waals surface area contributed by atoms with Gasteiger partial charge in [0, 0.05) is 31.0 Å². The first-order chi connectivity index (χ1) is 8.83. The largest absolute Gasteiger partial charge is 0.374 e. The minimum absolute atomic E-state index is 0.426. The first-order valence-electron chi connectivity index (χ1n) is 7.47. The number of hydrogen-bond donors (Lipinski definition) is 0. The summed E-state index contributed by atoms with van der Waals surface area (Å²) < 4.78 is 5.94. The third-order valence-corrected chi connectivity index (χ3v) is 4.76. The van der Waals surface area contributed by atoms with Gasteiger partial charge in [0.25, 0.3) is 0 Å². The summed E-state index contributed by atoms with van der Waals surface area (Å²) in [4.78, 5) is 5.19. The van der Waals surface area contributed by atoms with Crippen LogP contribution in [0.1, 0.15) is 32.6 Å². The van der Waals surface area contributed by atoms with E-state index < -0.39 is 0 Å². The lowest BCUT2D eigenvalue weighted by Crippen LogP contribution is -2.50. The molecule has 0 aromatic carbocycles. The second kappa shape index (κ2) is 7.83. The third-order valence-electron chi connectivity index (χ3n) is 4.30. The molecule has 106 valence electrons. The number of ether oxygens (including phenoxy) is 1. The standard InChI is InChI=1S/C14H27BrN2O/c1-2-16-9-10-18-14(11-16)12-17-8-4-3-5-13(17)6-7-15/h13-14H,2-12H2,1H3. The van der Waals surface area contributed by atoms with Gasteiger partial charge in [-0.3, -0.25) is 9.80 Å². The monoisotopic (exact) mass is 318 g/mol. The summed E-state index contributed by atoms with van der Waals surface area (Å²) in [6.45, 7) is 8.95. The van der Waals surface area contributed by atoms with E-state index in [4.69, 9.17) is 4.74 Å². The van der Waals surface area contributed by atoms with E-state index in [9.17, 15) is 0 Å². The molecule has 0 bridgehead atoms. The van der Waals surface area contributed by atoms with E-state index in [2.05, 4.69) is 32.7 Å². The van der Waals surface area contributed by atoms with Crippen molar-refractivity contribution in [2.75, 3.05) is 44.7 Å². The molecule has 2 aliphatic rings. The topological polar surface area (TPSA) is 15.7 Å². The zero-order valence-corrected chi connectivity index (χ0v) is 13.2. The molecule has 0 radical (unpaired) electrons. The molecule has 2 aliphatic heterocycles. The van der Waals surface area contributed by atoms with Gasteiger partial charge in [0.1, 0.15) is 0 Å². The SMILES string of the molecule is CCN1CCOC(CN2CCCCC2CCBr)C1. The predicted molar refractivity (Wildman–Crippen MR) is 79.5 cm³/mol. The van der Waals surface area contributed by atoms with Gasteiger partial charge in [0.15, 0.2) is 0 Å². The van der Waals surface area contributed by atoms with Gasteiger partial charge in [-0.05, 0) is 32.4 Å². The van der Waals surface area contributed by atoms with Crippen molar-refractivity contribution in [2.24, 2.45) is 0 Å². The summed E-state index contributed by atoms with van der Waals surface area (Å²) in [7, 11) is 0. The number of halogens is 1. The minimum Gasteiger partial charge on any atom is -0.374 e. The fraction of sp³-hybridized carbons (Fsp3) is 1.00. The first kappa shape index (κ1) is 14.8. The van der Waals surface area contributed by atoms with E-state index in [-0.39, 0.29) is 0 Å². The molecule has 2 fully saturated rings. The predicted octanol–water partition coefficient (Wildman–Crippen LogP) is 2.35. The van der Waals surface area contributed by atoms with Gasteiger partial charge < -0.3 is 4.74 Å². The lowest BCUT2D eigenvalue weighted by molar-refractivity contribution is -0.0508. The molecule has 0 aromatic heterocycles. The fourth-order valence-electron chi connectivity index (χ4n) is 3.19. The van der Waals surface area contributed by atoms with Crippen LogP contribution in [-0.2, 0) is 4.74 Å². The van der Waals surface area contributed by atoms with Crippen molar-refractivity contribution in [3.63, 3.8) is 0 Å². The van der Waals surface area contributed by atoms with Crippen LogP contribution in [0.15, 0.2) is 0 Å². The second-order valence-electron chi connectivity index (χ2n) is 5.51. The number of piperidine rings is 1. The van der Waals surface area contributed by atoms with Gasteiger partial charge >= 0.3 is 0 Å². The highest BCUT2D eigenvalue weighted by molar-refractivity contribution is 9.09. The number of hydrogen-bond acceptors (Lipinski definition) is 3.